The molecule has 0 saturated heterocycles. The smallest absolute Gasteiger partial charge is 0.137 e. The van der Waals surface area contributed by atoms with Crippen molar-refractivity contribution < 1.29 is 9.47 Å². The molecular formula is C19H24ClNO2. The molecule has 124 valence electrons. The predicted molar refractivity (Wildman–Crippen MR) is 95.9 cm³/mol. The van der Waals surface area contributed by atoms with Gasteiger partial charge in [0.1, 0.15) is 11.5 Å². The van der Waals surface area contributed by atoms with Crippen LogP contribution in [-0.2, 0) is 6.42 Å². The van der Waals surface area contributed by atoms with Crippen LogP contribution in [0, 0.1) is 6.92 Å². The molecule has 0 bridgehead atoms. The number of rotatable bonds is 7. The first-order valence-corrected chi connectivity index (χ1v) is 8.22. The van der Waals surface area contributed by atoms with Crippen molar-refractivity contribution in [3.05, 3.63) is 58.1 Å². The second kappa shape index (κ2) is 8.23. The highest BCUT2D eigenvalue weighted by molar-refractivity contribution is 6.32. The Morgan fingerprint density at radius 1 is 1.13 bits per heavy atom. The standard InChI is InChI=1S/C19H24ClNO2/c1-4-23-18-8-6-15(9-13(18)2)16(12-21)10-14-5-7-19(22-3)17(20)11-14/h5-9,11,16H,4,10,12,21H2,1-3H3. The SMILES string of the molecule is CCOc1ccc(C(CN)Cc2ccc(OC)c(Cl)c2)cc1C. The molecule has 1 atom stereocenters. The summed E-state index contributed by atoms with van der Waals surface area (Å²) in [5, 5.41) is 0.628. The minimum atomic E-state index is 0.244. The Labute approximate surface area is 143 Å². The van der Waals surface area contributed by atoms with E-state index in [2.05, 4.69) is 19.1 Å². The van der Waals surface area contributed by atoms with E-state index in [1.807, 2.05) is 31.2 Å². The Morgan fingerprint density at radius 2 is 1.87 bits per heavy atom. The average Bonchev–Trinajstić information content (AvgIpc) is 2.55. The quantitative estimate of drug-likeness (QED) is 0.819. The third-order valence-corrected chi connectivity index (χ3v) is 4.25. The highest BCUT2D eigenvalue weighted by Gasteiger charge is 2.13. The Morgan fingerprint density at radius 3 is 2.43 bits per heavy atom. The van der Waals surface area contributed by atoms with Gasteiger partial charge in [-0.05, 0) is 61.7 Å². The van der Waals surface area contributed by atoms with Crippen LogP contribution in [0.2, 0.25) is 5.02 Å². The van der Waals surface area contributed by atoms with Gasteiger partial charge in [0, 0.05) is 5.92 Å². The van der Waals surface area contributed by atoms with Crippen LogP contribution in [0.1, 0.15) is 29.5 Å². The van der Waals surface area contributed by atoms with Gasteiger partial charge < -0.3 is 15.2 Å². The zero-order chi connectivity index (χ0) is 16.8. The van der Waals surface area contributed by atoms with E-state index in [1.165, 1.54) is 5.56 Å². The van der Waals surface area contributed by atoms with Crippen LogP contribution in [0.3, 0.4) is 0 Å². The molecule has 0 heterocycles. The van der Waals surface area contributed by atoms with Gasteiger partial charge in [-0.1, -0.05) is 29.8 Å². The molecule has 0 amide bonds. The molecule has 2 aromatic rings. The Balaban J connectivity index is 2.19. The van der Waals surface area contributed by atoms with Gasteiger partial charge in [0.25, 0.3) is 0 Å². The molecule has 0 spiro atoms. The van der Waals surface area contributed by atoms with Gasteiger partial charge in [0.2, 0.25) is 0 Å². The second-order valence-electron chi connectivity index (χ2n) is 5.56. The zero-order valence-electron chi connectivity index (χ0n) is 13.9. The number of ether oxygens (including phenoxy) is 2. The normalized spacial score (nSPS) is 12.0. The lowest BCUT2D eigenvalue weighted by atomic mass is 9.91. The van der Waals surface area contributed by atoms with Crippen LogP contribution in [0.5, 0.6) is 11.5 Å². The maximum absolute atomic E-state index is 6.21. The van der Waals surface area contributed by atoms with Crippen molar-refractivity contribution in [3.63, 3.8) is 0 Å². The lowest BCUT2D eigenvalue weighted by Gasteiger charge is -2.18. The van der Waals surface area contributed by atoms with Gasteiger partial charge in [-0.2, -0.15) is 0 Å². The highest BCUT2D eigenvalue weighted by atomic mass is 35.5. The first-order chi connectivity index (χ1) is 11.1. The number of benzene rings is 2. The minimum Gasteiger partial charge on any atom is -0.495 e. The Hall–Kier alpha value is -1.71. The Bertz CT molecular complexity index is 658. The van der Waals surface area contributed by atoms with Crippen LogP contribution in [0.25, 0.3) is 0 Å². The molecule has 0 aromatic heterocycles. The van der Waals surface area contributed by atoms with Crippen molar-refractivity contribution in [1.82, 2.24) is 0 Å². The molecular weight excluding hydrogens is 310 g/mol. The second-order valence-corrected chi connectivity index (χ2v) is 5.97. The fourth-order valence-electron chi connectivity index (χ4n) is 2.70. The summed E-state index contributed by atoms with van der Waals surface area (Å²) >= 11 is 6.21. The predicted octanol–water partition coefficient (Wildman–Crippen LogP) is 4.34. The van der Waals surface area contributed by atoms with Gasteiger partial charge in [-0.15, -0.1) is 0 Å². The third-order valence-electron chi connectivity index (χ3n) is 3.95. The molecule has 0 aliphatic carbocycles. The number of aryl methyl sites for hydroxylation is 1. The van der Waals surface area contributed by atoms with Gasteiger partial charge in [0.15, 0.2) is 0 Å². The maximum Gasteiger partial charge on any atom is 0.137 e. The monoisotopic (exact) mass is 333 g/mol. The molecule has 4 heteroatoms. The number of hydrogen-bond donors (Lipinski definition) is 1. The van der Waals surface area contributed by atoms with Gasteiger partial charge >= 0.3 is 0 Å². The topological polar surface area (TPSA) is 44.5 Å². The van der Waals surface area contributed by atoms with Crippen molar-refractivity contribution in [2.24, 2.45) is 5.73 Å². The molecule has 0 radical (unpaired) electrons. The van der Waals surface area contributed by atoms with E-state index in [9.17, 15) is 0 Å². The number of hydrogen-bond acceptors (Lipinski definition) is 3. The summed E-state index contributed by atoms with van der Waals surface area (Å²) in [4.78, 5) is 0. The van der Waals surface area contributed by atoms with Crippen molar-refractivity contribution in [2.75, 3.05) is 20.3 Å². The summed E-state index contributed by atoms with van der Waals surface area (Å²) in [6.45, 7) is 5.30. The van der Waals surface area contributed by atoms with E-state index >= 15 is 0 Å². The Kier molecular flexibility index (Phi) is 6.31. The third kappa shape index (κ3) is 4.40. The fourth-order valence-corrected chi connectivity index (χ4v) is 2.98. The first-order valence-electron chi connectivity index (χ1n) is 7.84. The fraction of sp³-hybridized carbons (Fsp3) is 0.368. The average molecular weight is 334 g/mol. The number of methoxy groups -OCH3 is 1. The van der Waals surface area contributed by atoms with E-state index in [0.717, 1.165) is 23.3 Å². The number of nitrogens with two attached hydrogens (primary N) is 1. The summed E-state index contributed by atoms with van der Waals surface area (Å²) in [7, 11) is 1.62. The van der Waals surface area contributed by atoms with Gasteiger partial charge in [-0.3, -0.25) is 0 Å². The van der Waals surface area contributed by atoms with E-state index in [-0.39, 0.29) is 5.92 Å². The molecule has 23 heavy (non-hydrogen) atoms. The van der Waals surface area contributed by atoms with E-state index < -0.39 is 0 Å². The maximum atomic E-state index is 6.21. The zero-order valence-corrected chi connectivity index (χ0v) is 14.7. The van der Waals surface area contributed by atoms with Crippen LogP contribution < -0.4 is 15.2 Å². The molecule has 3 nitrogen and oxygen atoms in total. The van der Waals surface area contributed by atoms with Crippen molar-refractivity contribution in [3.8, 4) is 11.5 Å². The van der Waals surface area contributed by atoms with E-state index in [0.29, 0.717) is 23.9 Å². The molecule has 0 aliphatic rings. The summed E-state index contributed by atoms with van der Waals surface area (Å²) in [6.07, 6.45) is 0.841. The summed E-state index contributed by atoms with van der Waals surface area (Å²) in [5.41, 5.74) is 9.51. The molecule has 0 saturated carbocycles. The molecule has 0 aliphatic heterocycles. The lowest BCUT2D eigenvalue weighted by molar-refractivity contribution is 0.337. The molecule has 0 fully saturated rings. The van der Waals surface area contributed by atoms with Gasteiger partial charge in [0.05, 0.1) is 18.7 Å². The summed E-state index contributed by atoms with van der Waals surface area (Å²) < 4.78 is 10.8. The minimum absolute atomic E-state index is 0.244. The van der Waals surface area contributed by atoms with Gasteiger partial charge in [-0.25, -0.2) is 0 Å². The van der Waals surface area contributed by atoms with Crippen LogP contribution >= 0.6 is 11.6 Å². The van der Waals surface area contributed by atoms with E-state index in [4.69, 9.17) is 26.8 Å². The van der Waals surface area contributed by atoms with Crippen LogP contribution in [0.4, 0.5) is 0 Å². The summed E-state index contributed by atoms with van der Waals surface area (Å²) in [6, 6.07) is 12.2. The molecule has 2 N–H and O–H groups in total. The van der Waals surface area contributed by atoms with Crippen LogP contribution in [-0.4, -0.2) is 20.3 Å². The van der Waals surface area contributed by atoms with Crippen molar-refractivity contribution >= 4 is 11.6 Å². The molecule has 2 aromatic carbocycles. The molecule has 2 rings (SSSR count). The largest absolute Gasteiger partial charge is 0.495 e. The van der Waals surface area contributed by atoms with Crippen molar-refractivity contribution in [2.45, 2.75) is 26.2 Å². The number of halogens is 1. The first kappa shape index (κ1) is 17.6. The molecule has 1 unspecified atom stereocenters. The summed E-state index contributed by atoms with van der Waals surface area (Å²) in [5.74, 6) is 1.87. The lowest BCUT2D eigenvalue weighted by Crippen LogP contribution is -2.15. The highest BCUT2D eigenvalue weighted by Crippen LogP contribution is 2.29. The van der Waals surface area contributed by atoms with Crippen LogP contribution in [0.15, 0.2) is 36.4 Å². The van der Waals surface area contributed by atoms with Crippen molar-refractivity contribution in [1.29, 1.82) is 0 Å². The van der Waals surface area contributed by atoms with E-state index in [1.54, 1.807) is 7.11 Å².